The van der Waals surface area contributed by atoms with E-state index in [9.17, 15) is 4.79 Å². The van der Waals surface area contributed by atoms with Crippen LogP contribution < -0.4 is 15.9 Å². The van der Waals surface area contributed by atoms with E-state index in [1.807, 2.05) is 44.2 Å². The fraction of sp³-hybridized carbons (Fsp3) is 0.176. The third kappa shape index (κ3) is 4.82. The van der Waals surface area contributed by atoms with E-state index >= 15 is 0 Å². The second-order valence-corrected chi connectivity index (χ2v) is 5.94. The molecule has 0 saturated carbocycles. The summed E-state index contributed by atoms with van der Waals surface area (Å²) in [6.45, 7) is 4.46. The first-order valence-corrected chi connectivity index (χ1v) is 7.82. The van der Waals surface area contributed by atoms with Crippen molar-refractivity contribution < 1.29 is 9.53 Å². The maximum Gasteiger partial charge on any atom is 0.332 e. The van der Waals surface area contributed by atoms with Crippen molar-refractivity contribution in [3.8, 4) is 5.75 Å². The highest BCUT2D eigenvalue weighted by molar-refractivity contribution is 9.10. The summed E-state index contributed by atoms with van der Waals surface area (Å²) in [6.07, 6.45) is 1.57. The average molecular weight is 376 g/mol. The number of hydrogen-bond acceptors (Lipinski definition) is 3. The predicted octanol–water partition coefficient (Wildman–Crippen LogP) is 3.65. The number of hydrogen-bond donors (Lipinski definition) is 2. The Morgan fingerprint density at radius 2 is 2.04 bits per heavy atom. The van der Waals surface area contributed by atoms with Crippen LogP contribution in [0.25, 0.3) is 0 Å². The van der Waals surface area contributed by atoms with Crippen LogP contribution in [0.3, 0.4) is 0 Å². The van der Waals surface area contributed by atoms with Gasteiger partial charge in [0.15, 0.2) is 0 Å². The maximum absolute atomic E-state index is 10.7. The predicted molar refractivity (Wildman–Crippen MR) is 94.7 cm³/mol. The van der Waals surface area contributed by atoms with Gasteiger partial charge in [-0.25, -0.2) is 10.2 Å². The lowest BCUT2D eigenvalue weighted by atomic mass is 10.0. The summed E-state index contributed by atoms with van der Waals surface area (Å²) in [4.78, 5) is 10.7. The van der Waals surface area contributed by atoms with Crippen LogP contribution in [0.4, 0.5) is 4.79 Å². The molecule has 0 unspecified atom stereocenters. The number of carbonyl (C=O) groups is 1. The second-order valence-electron chi connectivity index (χ2n) is 5.09. The molecule has 0 aliphatic rings. The third-order valence-corrected chi connectivity index (χ3v) is 3.98. The minimum absolute atomic E-state index is 0.443. The molecule has 2 aromatic carbocycles. The molecule has 2 rings (SSSR count). The number of aryl methyl sites for hydroxylation is 2. The Labute approximate surface area is 143 Å². The zero-order chi connectivity index (χ0) is 16.8. The van der Waals surface area contributed by atoms with E-state index in [1.165, 1.54) is 0 Å². The number of nitrogens with zero attached hydrogens (tertiary/aromatic N) is 1. The van der Waals surface area contributed by atoms with Gasteiger partial charge in [0.2, 0.25) is 0 Å². The number of rotatable bonds is 5. The Bertz CT molecular complexity index is 745. The van der Waals surface area contributed by atoms with Crippen LogP contribution in [-0.4, -0.2) is 12.2 Å². The molecule has 0 radical (unpaired) electrons. The number of ether oxygens (including phenoxy) is 1. The van der Waals surface area contributed by atoms with Gasteiger partial charge in [0.25, 0.3) is 0 Å². The van der Waals surface area contributed by atoms with Crippen LogP contribution in [0.5, 0.6) is 5.75 Å². The molecular weight excluding hydrogens is 358 g/mol. The average Bonchev–Trinajstić information content (AvgIpc) is 2.49. The fourth-order valence-electron chi connectivity index (χ4n) is 2.09. The summed E-state index contributed by atoms with van der Waals surface area (Å²) < 4.78 is 6.77. The lowest BCUT2D eigenvalue weighted by Gasteiger charge is -2.12. The van der Waals surface area contributed by atoms with Crippen molar-refractivity contribution >= 4 is 28.2 Å². The SMILES string of the molecule is Cc1cc(C)c(COc2ccccc2Br)cc1C=NNC(N)=O. The number of nitrogens with two attached hydrogens (primary N) is 1. The molecule has 3 N–H and O–H groups in total. The normalized spacial score (nSPS) is 10.7. The Morgan fingerprint density at radius 1 is 1.30 bits per heavy atom. The zero-order valence-electron chi connectivity index (χ0n) is 13.0. The minimum atomic E-state index is -0.691. The number of nitrogens with one attached hydrogen (secondary N) is 1. The van der Waals surface area contributed by atoms with Gasteiger partial charge in [-0.2, -0.15) is 5.10 Å². The number of carbonyl (C=O) groups excluding carboxylic acids is 1. The van der Waals surface area contributed by atoms with Crippen molar-refractivity contribution in [2.45, 2.75) is 20.5 Å². The lowest BCUT2D eigenvalue weighted by Crippen LogP contribution is -2.24. The van der Waals surface area contributed by atoms with Gasteiger partial charge in [0.1, 0.15) is 12.4 Å². The van der Waals surface area contributed by atoms with Crippen LogP contribution >= 0.6 is 15.9 Å². The summed E-state index contributed by atoms with van der Waals surface area (Å²) in [5.41, 5.74) is 11.3. The summed E-state index contributed by atoms with van der Waals surface area (Å²) in [5.74, 6) is 0.790. The van der Waals surface area contributed by atoms with Gasteiger partial charge in [-0.3, -0.25) is 0 Å². The molecule has 0 heterocycles. The number of amides is 2. The molecule has 0 saturated heterocycles. The Hall–Kier alpha value is -2.34. The van der Waals surface area contributed by atoms with Crippen molar-refractivity contribution in [1.82, 2.24) is 5.43 Å². The molecule has 0 spiro atoms. The van der Waals surface area contributed by atoms with E-state index in [1.54, 1.807) is 6.21 Å². The van der Waals surface area contributed by atoms with Gasteiger partial charge >= 0.3 is 6.03 Å². The van der Waals surface area contributed by atoms with Crippen LogP contribution in [0.2, 0.25) is 0 Å². The summed E-state index contributed by atoms with van der Waals surface area (Å²) in [5, 5.41) is 3.81. The molecular formula is C17H18BrN3O2. The standard InChI is InChI=1S/C17H18BrN3O2/c1-11-7-12(2)14(8-13(11)9-20-21-17(19)22)10-23-16-6-4-3-5-15(16)18/h3-9H,10H2,1-2H3,(H3,19,21,22). The fourth-order valence-corrected chi connectivity index (χ4v) is 2.49. The highest BCUT2D eigenvalue weighted by atomic mass is 79.9. The smallest absolute Gasteiger partial charge is 0.332 e. The second kappa shape index (κ2) is 7.78. The van der Waals surface area contributed by atoms with Crippen LogP contribution in [0, 0.1) is 13.8 Å². The van der Waals surface area contributed by atoms with Crippen molar-refractivity contribution in [2.24, 2.45) is 10.8 Å². The molecule has 120 valence electrons. The molecule has 2 aromatic rings. The number of hydrazone groups is 1. The molecule has 0 aliphatic heterocycles. The molecule has 0 atom stereocenters. The molecule has 0 aromatic heterocycles. The zero-order valence-corrected chi connectivity index (χ0v) is 14.6. The molecule has 2 amide bonds. The van der Waals surface area contributed by atoms with Gasteiger partial charge < -0.3 is 10.5 Å². The number of halogens is 1. The quantitative estimate of drug-likeness (QED) is 0.617. The lowest BCUT2D eigenvalue weighted by molar-refractivity contribution is 0.249. The van der Waals surface area contributed by atoms with Gasteiger partial charge in [-0.1, -0.05) is 18.2 Å². The van der Waals surface area contributed by atoms with Crippen LogP contribution in [0.15, 0.2) is 46.0 Å². The first-order valence-electron chi connectivity index (χ1n) is 7.03. The van der Waals surface area contributed by atoms with Crippen molar-refractivity contribution in [3.63, 3.8) is 0 Å². The Kier molecular flexibility index (Phi) is 5.76. The molecule has 0 bridgehead atoms. The largest absolute Gasteiger partial charge is 0.488 e. The van der Waals surface area contributed by atoms with Crippen LogP contribution in [0.1, 0.15) is 22.3 Å². The number of para-hydroxylation sites is 1. The Balaban J connectivity index is 2.17. The van der Waals surface area contributed by atoms with Gasteiger partial charge in [0.05, 0.1) is 10.7 Å². The number of urea groups is 1. The maximum atomic E-state index is 10.7. The first kappa shape index (κ1) is 17.0. The monoisotopic (exact) mass is 375 g/mol. The summed E-state index contributed by atoms with van der Waals surface area (Å²) in [7, 11) is 0. The van der Waals surface area contributed by atoms with E-state index in [2.05, 4.69) is 32.5 Å². The number of benzene rings is 2. The third-order valence-electron chi connectivity index (χ3n) is 3.32. The molecule has 5 nitrogen and oxygen atoms in total. The van der Waals surface area contributed by atoms with E-state index in [0.717, 1.165) is 32.5 Å². The Morgan fingerprint density at radius 3 is 2.74 bits per heavy atom. The van der Waals surface area contributed by atoms with E-state index in [-0.39, 0.29) is 0 Å². The topological polar surface area (TPSA) is 76.7 Å². The molecule has 6 heteroatoms. The highest BCUT2D eigenvalue weighted by Crippen LogP contribution is 2.25. The van der Waals surface area contributed by atoms with Crippen LogP contribution in [-0.2, 0) is 6.61 Å². The minimum Gasteiger partial charge on any atom is -0.488 e. The summed E-state index contributed by atoms with van der Waals surface area (Å²) in [6, 6.07) is 11.1. The molecule has 23 heavy (non-hydrogen) atoms. The number of primary amides is 1. The first-order chi connectivity index (χ1) is 11.0. The van der Waals surface area contributed by atoms with Crippen molar-refractivity contribution in [2.75, 3.05) is 0 Å². The van der Waals surface area contributed by atoms with E-state index in [0.29, 0.717) is 6.61 Å². The molecule has 0 aliphatic carbocycles. The van der Waals surface area contributed by atoms with Gasteiger partial charge in [-0.05, 0) is 70.2 Å². The van der Waals surface area contributed by atoms with Crippen molar-refractivity contribution in [3.05, 3.63) is 63.1 Å². The van der Waals surface area contributed by atoms with Crippen molar-refractivity contribution in [1.29, 1.82) is 0 Å². The van der Waals surface area contributed by atoms with E-state index in [4.69, 9.17) is 10.5 Å². The van der Waals surface area contributed by atoms with E-state index < -0.39 is 6.03 Å². The highest BCUT2D eigenvalue weighted by Gasteiger charge is 2.06. The molecule has 0 fully saturated rings. The van der Waals surface area contributed by atoms with Gasteiger partial charge in [-0.15, -0.1) is 0 Å². The van der Waals surface area contributed by atoms with Gasteiger partial charge in [0, 0.05) is 0 Å². The summed E-state index contributed by atoms with van der Waals surface area (Å²) >= 11 is 3.46.